The summed E-state index contributed by atoms with van der Waals surface area (Å²) in [6.07, 6.45) is 8.30. The molecule has 1 fully saturated rings. The summed E-state index contributed by atoms with van der Waals surface area (Å²) in [5.41, 5.74) is 0.656. The Morgan fingerprint density at radius 2 is 1.84 bits per heavy atom. The molecule has 0 saturated carbocycles. The zero-order valence-electron chi connectivity index (χ0n) is 15.2. The number of carbonyl (C=O) groups excluding carboxylic acids is 1. The molecule has 5 nitrogen and oxygen atoms in total. The van der Waals surface area contributed by atoms with Gasteiger partial charge in [-0.15, -0.1) is 0 Å². The minimum Gasteiger partial charge on any atom is -0.493 e. The van der Waals surface area contributed by atoms with Crippen molar-refractivity contribution in [3.63, 3.8) is 0 Å². The normalized spacial score (nSPS) is 21.2. The van der Waals surface area contributed by atoms with Crippen LogP contribution in [0, 0.1) is 5.92 Å². The smallest absolute Gasteiger partial charge is 0.254 e. The van der Waals surface area contributed by atoms with E-state index in [-0.39, 0.29) is 5.91 Å². The molecule has 25 heavy (non-hydrogen) atoms. The molecule has 1 saturated heterocycles. The third-order valence-corrected chi connectivity index (χ3v) is 5.18. The van der Waals surface area contributed by atoms with Crippen molar-refractivity contribution in [3.8, 4) is 11.5 Å². The Balaban J connectivity index is 1.55. The predicted molar refractivity (Wildman–Crippen MR) is 98.4 cm³/mol. The molecular formula is C20H28N2O3. The standard InChI is InChI=1S/C20H28N2O3/c1-24-18-9-8-17(14-19(18)25-2)20(23)22-12-10-21(11-13-22)15-16-6-4-3-5-7-16/h3-4,8-9,14,16H,5-7,10-13,15H2,1-2H3/t16-/m1/s1. The van der Waals surface area contributed by atoms with Gasteiger partial charge >= 0.3 is 0 Å². The monoisotopic (exact) mass is 344 g/mol. The maximum atomic E-state index is 12.8. The fourth-order valence-electron chi connectivity index (χ4n) is 3.67. The summed E-state index contributed by atoms with van der Waals surface area (Å²) in [7, 11) is 3.19. The van der Waals surface area contributed by atoms with Crippen LogP contribution in [-0.2, 0) is 0 Å². The first-order chi connectivity index (χ1) is 12.2. The van der Waals surface area contributed by atoms with Crippen molar-refractivity contribution >= 4 is 5.91 Å². The quantitative estimate of drug-likeness (QED) is 0.771. The van der Waals surface area contributed by atoms with Crippen LogP contribution in [0.5, 0.6) is 11.5 Å². The van der Waals surface area contributed by atoms with Crippen LogP contribution in [0.25, 0.3) is 0 Å². The lowest BCUT2D eigenvalue weighted by Gasteiger charge is -2.36. The molecule has 1 aliphatic heterocycles. The van der Waals surface area contributed by atoms with Crippen molar-refractivity contribution in [2.75, 3.05) is 46.9 Å². The van der Waals surface area contributed by atoms with Gasteiger partial charge in [-0.05, 0) is 43.4 Å². The lowest BCUT2D eigenvalue weighted by molar-refractivity contribution is 0.0614. The first kappa shape index (κ1) is 17.8. The van der Waals surface area contributed by atoms with Crippen LogP contribution in [0.3, 0.4) is 0 Å². The van der Waals surface area contributed by atoms with E-state index in [2.05, 4.69) is 17.1 Å². The summed E-state index contributed by atoms with van der Waals surface area (Å²) >= 11 is 0. The number of allylic oxidation sites excluding steroid dienone is 2. The van der Waals surface area contributed by atoms with Crippen molar-refractivity contribution in [1.82, 2.24) is 9.80 Å². The highest BCUT2D eigenvalue weighted by Gasteiger charge is 2.24. The van der Waals surface area contributed by atoms with Crippen LogP contribution in [0.1, 0.15) is 29.6 Å². The van der Waals surface area contributed by atoms with E-state index >= 15 is 0 Å². The molecule has 0 aromatic heterocycles. The number of amides is 1. The van der Waals surface area contributed by atoms with E-state index in [1.54, 1.807) is 26.4 Å². The number of methoxy groups -OCH3 is 2. The molecule has 0 spiro atoms. The van der Waals surface area contributed by atoms with Crippen molar-refractivity contribution in [2.45, 2.75) is 19.3 Å². The largest absolute Gasteiger partial charge is 0.493 e. The highest BCUT2D eigenvalue weighted by atomic mass is 16.5. The van der Waals surface area contributed by atoms with Crippen LogP contribution in [0.2, 0.25) is 0 Å². The molecule has 3 rings (SSSR count). The van der Waals surface area contributed by atoms with Gasteiger partial charge in [-0.25, -0.2) is 0 Å². The van der Waals surface area contributed by atoms with Gasteiger partial charge in [-0.2, -0.15) is 0 Å². The Labute approximate surface area is 150 Å². The van der Waals surface area contributed by atoms with Gasteiger partial charge in [0.05, 0.1) is 14.2 Å². The van der Waals surface area contributed by atoms with Gasteiger partial charge < -0.3 is 14.4 Å². The molecule has 0 bridgehead atoms. The summed E-state index contributed by atoms with van der Waals surface area (Å²) < 4.78 is 10.5. The van der Waals surface area contributed by atoms with E-state index in [1.807, 2.05) is 11.0 Å². The van der Waals surface area contributed by atoms with Crippen molar-refractivity contribution in [1.29, 1.82) is 0 Å². The molecule has 5 heteroatoms. The summed E-state index contributed by atoms with van der Waals surface area (Å²) in [5.74, 6) is 2.09. The van der Waals surface area contributed by atoms with Gasteiger partial charge in [0.2, 0.25) is 0 Å². The van der Waals surface area contributed by atoms with E-state index in [4.69, 9.17) is 9.47 Å². The number of carbonyl (C=O) groups is 1. The first-order valence-electron chi connectivity index (χ1n) is 9.10. The third kappa shape index (κ3) is 4.34. The minimum atomic E-state index is 0.0706. The van der Waals surface area contributed by atoms with Crippen molar-refractivity contribution in [2.24, 2.45) is 5.92 Å². The average molecular weight is 344 g/mol. The molecular weight excluding hydrogens is 316 g/mol. The lowest BCUT2D eigenvalue weighted by atomic mass is 9.94. The van der Waals surface area contributed by atoms with Gasteiger partial charge in [0.15, 0.2) is 11.5 Å². The lowest BCUT2D eigenvalue weighted by Crippen LogP contribution is -2.49. The van der Waals surface area contributed by atoms with Crippen LogP contribution in [0.4, 0.5) is 0 Å². The first-order valence-corrected chi connectivity index (χ1v) is 9.10. The number of rotatable bonds is 5. The summed E-state index contributed by atoms with van der Waals surface area (Å²) in [4.78, 5) is 17.2. The van der Waals surface area contributed by atoms with Gasteiger partial charge in [0, 0.05) is 38.3 Å². The van der Waals surface area contributed by atoms with E-state index < -0.39 is 0 Å². The molecule has 2 aliphatic rings. The Hall–Kier alpha value is -2.01. The van der Waals surface area contributed by atoms with Crippen molar-refractivity contribution in [3.05, 3.63) is 35.9 Å². The topological polar surface area (TPSA) is 42.0 Å². The van der Waals surface area contributed by atoms with Crippen molar-refractivity contribution < 1.29 is 14.3 Å². The van der Waals surface area contributed by atoms with Crippen LogP contribution in [-0.4, -0.2) is 62.7 Å². The highest BCUT2D eigenvalue weighted by molar-refractivity contribution is 5.95. The molecule has 0 unspecified atom stereocenters. The fourth-order valence-corrected chi connectivity index (χ4v) is 3.67. The zero-order valence-corrected chi connectivity index (χ0v) is 15.2. The molecule has 1 heterocycles. The van der Waals surface area contributed by atoms with E-state index in [9.17, 15) is 4.79 Å². The van der Waals surface area contributed by atoms with E-state index in [0.717, 1.165) is 38.6 Å². The molecule has 0 N–H and O–H groups in total. The van der Waals surface area contributed by atoms with Crippen LogP contribution < -0.4 is 9.47 Å². The van der Waals surface area contributed by atoms with E-state index in [0.29, 0.717) is 17.1 Å². The number of nitrogens with zero attached hydrogens (tertiary/aromatic N) is 2. The highest BCUT2D eigenvalue weighted by Crippen LogP contribution is 2.28. The van der Waals surface area contributed by atoms with Gasteiger partial charge in [-0.1, -0.05) is 12.2 Å². The summed E-state index contributed by atoms with van der Waals surface area (Å²) in [6, 6.07) is 5.37. The molecule has 1 aromatic carbocycles. The van der Waals surface area contributed by atoms with Gasteiger partial charge in [0.1, 0.15) is 0 Å². The molecule has 0 radical (unpaired) electrons. The van der Waals surface area contributed by atoms with Crippen LogP contribution in [0.15, 0.2) is 30.4 Å². The van der Waals surface area contributed by atoms with E-state index in [1.165, 1.54) is 19.3 Å². The predicted octanol–water partition coefficient (Wildman–Crippen LogP) is 2.82. The average Bonchev–Trinajstić information content (AvgIpc) is 2.68. The molecule has 1 atom stereocenters. The maximum absolute atomic E-state index is 12.8. The number of benzene rings is 1. The molecule has 1 amide bonds. The molecule has 136 valence electrons. The van der Waals surface area contributed by atoms with Crippen LogP contribution >= 0.6 is 0 Å². The number of ether oxygens (including phenoxy) is 2. The number of hydrogen-bond donors (Lipinski definition) is 0. The van der Waals surface area contributed by atoms with Gasteiger partial charge in [-0.3, -0.25) is 9.69 Å². The summed E-state index contributed by atoms with van der Waals surface area (Å²) in [5, 5.41) is 0. The SMILES string of the molecule is COc1ccc(C(=O)N2CCN(C[C@@H]3CC=CCC3)CC2)cc1OC. The third-order valence-electron chi connectivity index (χ3n) is 5.18. The maximum Gasteiger partial charge on any atom is 0.254 e. The second kappa shape index (κ2) is 8.39. The number of piperazine rings is 1. The fraction of sp³-hybridized carbons (Fsp3) is 0.550. The second-order valence-electron chi connectivity index (χ2n) is 6.81. The molecule has 1 aliphatic carbocycles. The Morgan fingerprint density at radius 3 is 2.48 bits per heavy atom. The molecule has 1 aromatic rings. The van der Waals surface area contributed by atoms with Gasteiger partial charge in [0.25, 0.3) is 5.91 Å². The Morgan fingerprint density at radius 1 is 1.08 bits per heavy atom. The Kier molecular flexibility index (Phi) is 5.97. The summed E-state index contributed by atoms with van der Waals surface area (Å²) in [6.45, 7) is 4.65. The Bertz CT molecular complexity index is 621. The minimum absolute atomic E-state index is 0.0706. The number of hydrogen-bond acceptors (Lipinski definition) is 4. The zero-order chi connectivity index (χ0) is 17.6. The second-order valence-corrected chi connectivity index (χ2v) is 6.81.